The summed E-state index contributed by atoms with van der Waals surface area (Å²) in [5, 5.41) is 15.7. The Morgan fingerprint density at radius 2 is 1.93 bits per heavy atom. The number of aryl methyl sites for hydroxylation is 1. The molecule has 28 heavy (non-hydrogen) atoms. The van der Waals surface area contributed by atoms with E-state index in [9.17, 15) is 0 Å². The van der Waals surface area contributed by atoms with Gasteiger partial charge in [-0.1, -0.05) is 47.9 Å². The molecule has 0 bridgehead atoms. The van der Waals surface area contributed by atoms with E-state index in [2.05, 4.69) is 27.8 Å². The van der Waals surface area contributed by atoms with Crippen LogP contribution in [-0.2, 0) is 19.7 Å². The minimum absolute atomic E-state index is 0.378. The molecule has 0 aliphatic heterocycles. The molecular formula is C20H24ClN5O2. The number of nitrogens with zero attached hydrogens (tertiary/aromatic N) is 4. The van der Waals surface area contributed by atoms with Crippen molar-refractivity contribution in [2.75, 3.05) is 11.9 Å². The number of nitrogens with one attached hydrogen (secondary N) is 1. The smallest absolute Gasteiger partial charge is 0.243 e. The zero-order chi connectivity index (χ0) is 19.8. The van der Waals surface area contributed by atoms with Crippen molar-refractivity contribution in [3.05, 3.63) is 58.6 Å². The lowest BCUT2D eigenvalue weighted by atomic mass is 10.2. The van der Waals surface area contributed by atoms with Gasteiger partial charge in [-0.05, 0) is 47.5 Å². The zero-order valence-corrected chi connectivity index (χ0v) is 16.8. The van der Waals surface area contributed by atoms with Crippen LogP contribution in [0, 0.1) is 0 Å². The maximum atomic E-state index is 6.20. The monoisotopic (exact) mass is 401 g/mol. The number of benzene rings is 2. The first-order valence-electron chi connectivity index (χ1n) is 9.33. The average Bonchev–Trinajstić information content (AvgIpc) is 3.14. The first-order valence-corrected chi connectivity index (χ1v) is 9.71. The summed E-state index contributed by atoms with van der Waals surface area (Å²) in [5.74, 6) is 2.03. The number of ether oxygens (including phenoxy) is 2. The molecule has 8 heteroatoms. The lowest BCUT2D eigenvalue weighted by molar-refractivity contribution is 0.269. The molecule has 0 spiro atoms. The van der Waals surface area contributed by atoms with Gasteiger partial charge in [-0.3, -0.25) is 0 Å². The van der Waals surface area contributed by atoms with Gasteiger partial charge in [0.15, 0.2) is 11.5 Å². The number of anilines is 1. The van der Waals surface area contributed by atoms with Gasteiger partial charge in [0, 0.05) is 23.7 Å². The molecule has 1 aromatic heterocycles. The van der Waals surface area contributed by atoms with Crippen LogP contribution in [0.5, 0.6) is 11.5 Å². The van der Waals surface area contributed by atoms with Crippen LogP contribution in [-0.4, -0.2) is 26.8 Å². The molecule has 0 radical (unpaired) electrons. The van der Waals surface area contributed by atoms with Crippen molar-refractivity contribution in [2.24, 2.45) is 0 Å². The van der Waals surface area contributed by atoms with E-state index in [1.807, 2.05) is 49.4 Å². The molecule has 3 aromatic rings. The minimum atomic E-state index is 0.378. The Hall–Kier alpha value is -2.80. The molecule has 1 heterocycles. The van der Waals surface area contributed by atoms with Crippen LogP contribution in [0.25, 0.3) is 0 Å². The van der Waals surface area contributed by atoms with Crippen LogP contribution >= 0.6 is 11.6 Å². The summed E-state index contributed by atoms with van der Waals surface area (Å²) in [6.07, 6.45) is 0.964. The Morgan fingerprint density at radius 1 is 1.07 bits per heavy atom. The second-order valence-corrected chi connectivity index (χ2v) is 6.58. The largest absolute Gasteiger partial charge is 0.490 e. The van der Waals surface area contributed by atoms with Crippen molar-refractivity contribution in [1.29, 1.82) is 0 Å². The van der Waals surface area contributed by atoms with Gasteiger partial charge in [0.2, 0.25) is 5.95 Å². The van der Waals surface area contributed by atoms with Crippen molar-refractivity contribution >= 4 is 17.5 Å². The predicted octanol–water partition coefficient (Wildman–Crippen LogP) is 4.33. The summed E-state index contributed by atoms with van der Waals surface area (Å²) in [7, 11) is 0. The van der Waals surface area contributed by atoms with Gasteiger partial charge in [0.1, 0.15) is 6.61 Å². The highest BCUT2D eigenvalue weighted by Gasteiger charge is 2.10. The third-order valence-corrected chi connectivity index (χ3v) is 4.44. The molecule has 0 saturated heterocycles. The summed E-state index contributed by atoms with van der Waals surface area (Å²) < 4.78 is 13.5. The molecule has 1 N–H and O–H groups in total. The zero-order valence-electron chi connectivity index (χ0n) is 16.1. The fraction of sp³-hybridized carbons (Fsp3) is 0.350. The number of hydrogen-bond donors (Lipinski definition) is 1. The number of tetrazole rings is 1. The fourth-order valence-electron chi connectivity index (χ4n) is 2.70. The highest BCUT2D eigenvalue weighted by atomic mass is 35.5. The van der Waals surface area contributed by atoms with E-state index in [1.54, 1.807) is 4.68 Å². The molecular weight excluding hydrogens is 378 g/mol. The van der Waals surface area contributed by atoms with Crippen molar-refractivity contribution in [1.82, 2.24) is 20.2 Å². The molecule has 0 unspecified atom stereocenters. The van der Waals surface area contributed by atoms with Crippen molar-refractivity contribution in [3.63, 3.8) is 0 Å². The molecule has 148 valence electrons. The molecule has 3 rings (SSSR count). The average molecular weight is 402 g/mol. The lowest BCUT2D eigenvalue weighted by Gasteiger charge is -2.14. The summed E-state index contributed by atoms with van der Waals surface area (Å²) >= 11 is 6.20. The SMILES string of the molecule is CCCn1nnnc1NCc1ccc(OCc2ccccc2Cl)c(OCC)c1. The summed E-state index contributed by atoms with van der Waals surface area (Å²) in [5.41, 5.74) is 1.97. The molecule has 0 saturated carbocycles. The van der Waals surface area contributed by atoms with Gasteiger partial charge in [-0.15, -0.1) is 0 Å². The van der Waals surface area contributed by atoms with E-state index >= 15 is 0 Å². The Morgan fingerprint density at radius 3 is 2.71 bits per heavy atom. The number of halogens is 1. The topological polar surface area (TPSA) is 74.1 Å². The van der Waals surface area contributed by atoms with Crippen LogP contribution in [0.2, 0.25) is 5.02 Å². The van der Waals surface area contributed by atoms with E-state index in [0.717, 1.165) is 24.1 Å². The van der Waals surface area contributed by atoms with E-state index in [1.165, 1.54) is 0 Å². The van der Waals surface area contributed by atoms with Gasteiger partial charge < -0.3 is 14.8 Å². The highest BCUT2D eigenvalue weighted by molar-refractivity contribution is 6.31. The van der Waals surface area contributed by atoms with Crippen LogP contribution in [0.3, 0.4) is 0 Å². The summed E-state index contributed by atoms with van der Waals surface area (Å²) in [6.45, 7) is 6.31. The second-order valence-electron chi connectivity index (χ2n) is 6.17. The van der Waals surface area contributed by atoms with E-state index in [4.69, 9.17) is 21.1 Å². The van der Waals surface area contributed by atoms with E-state index < -0.39 is 0 Å². The number of hydrogen-bond acceptors (Lipinski definition) is 6. The summed E-state index contributed by atoms with van der Waals surface area (Å²) in [4.78, 5) is 0. The third kappa shape index (κ3) is 5.13. The highest BCUT2D eigenvalue weighted by Crippen LogP contribution is 2.30. The third-order valence-electron chi connectivity index (χ3n) is 4.07. The fourth-order valence-corrected chi connectivity index (χ4v) is 2.89. The Labute approximate surface area is 169 Å². The first kappa shape index (κ1) is 19.9. The van der Waals surface area contributed by atoms with Gasteiger partial charge in [0.25, 0.3) is 0 Å². The molecule has 0 aliphatic carbocycles. The van der Waals surface area contributed by atoms with Gasteiger partial charge in [-0.25, -0.2) is 4.68 Å². The summed E-state index contributed by atoms with van der Waals surface area (Å²) in [6, 6.07) is 13.5. The lowest BCUT2D eigenvalue weighted by Crippen LogP contribution is -2.09. The van der Waals surface area contributed by atoms with Crippen molar-refractivity contribution in [2.45, 2.75) is 40.0 Å². The van der Waals surface area contributed by atoms with Gasteiger partial charge in [0.05, 0.1) is 6.61 Å². The Kier molecular flexibility index (Phi) is 7.08. The quantitative estimate of drug-likeness (QED) is 0.545. The Balaban J connectivity index is 1.68. The first-order chi connectivity index (χ1) is 13.7. The van der Waals surface area contributed by atoms with E-state index in [0.29, 0.717) is 42.2 Å². The van der Waals surface area contributed by atoms with Crippen molar-refractivity contribution in [3.8, 4) is 11.5 Å². The second kappa shape index (κ2) is 9.94. The maximum absolute atomic E-state index is 6.20. The molecule has 0 amide bonds. The van der Waals surface area contributed by atoms with Crippen LogP contribution in [0.15, 0.2) is 42.5 Å². The molecule has 0 fully saturated rings. The van der Waals surface area contributed by atoms with Crippen LogP contribution < -0.4 is 14.8 Å². The van der Waals surface area contributed by atoms with Gasteiger partial charge >= 0.3 is 0 Å². The molecule has 0 aliphatic rings. The normalized spacial score (nSPS) is 10.7. The van der Waals surface area contributed by atoms with Crippen LogP contribution in [0.4, 0.5) is 5.95 Å². The number of aromatic nitrogens is 4. The maximum Gasteiger partial charge on any atom is 0.243 e. The van der Waals surface area contributed by atoms with Crippen molar-refractivity contribution < 1.29 is 9.47 Å². The van der Waals surface area contributed by atoms with Crippen LogP contribution in [0.1, 0.15) is 31.4 Å². The van der Waals surface area contributed by atoms with Gasteiger partial charge in [-0.2, -0.15) is 0 Å². The molecule has 0 atom stereocenters. The minimum Gasteiger partial charge on any atom is -0.490 e. The number of rotatable bonds is 10. The predicted molar refractivity (Wildman–Crippen MR) is 109 cm³/mol. The molecule has 2 aromatic carbocycles. The standard InChI is InChI=1S/C20H24ClN5O2/c1-3-11-26-20(23-24-25-26)22-13-15-9-10-18(19(12-15)27-4-2)28-14-16-7-5-6-8-17(16)21/h5-10,12H,3-4,11,13-14H2,1-2H3,(H,22,23,25). The Bertz CT molecular complexity index is 900. The molecule has 7 nitrogen and oxygen atoms in total. The van der Waals surface area contributed by atoms with E-state index in [-0.39, 0.29) is 0 Å².